The number of anilines is 1. The van der Waals surface area contributed by atoms with Gasteiger partial charge in [-0.05, 0) is 24.3 Å². The zero-order valence-corrected chi connectivity index (χ0v) is 14.6. The monoisotopic (exact) mass is 375 g/mol. The van der Waals surface area contributed by atoms with Gasteiger partial charge in [-0.1, -0.05) is 41.4 Å². The fraction of sp³-hybridized carbons (Fsp3) is 0.118. The Balaban J connectivity index is 1.50. The average molecular weight is 376 g/mol. The van der Waals surface area contributed by atoms with Crippen LogP contribution in [0.3, 0.4) is 0 Å². The van der Waals surface area contributed by atoms with E-state index in [9.17, 15) is 4.79 Å². The van der Waals surface area contributed by atoms with Gasteiger partial charge in [-0.25, -0.2) is 9.67 Å². The molecular weight excluding hydrogens is 361 g/mol. The summed E-state index contributed by atoms with van der Waals surface area (Å²) in [5.41, 5.74) is 1.25. The number of benzene rings is 1. The third kappa shape index (κ3) is 4.49. The molecule has 0 saturated carbocycles. The molecule has 0 aliphatic heterocycles. The molecule has 8 heteroatoms. The minimum atomic E-state index is -0.244. The van der Waals surface area contributed by atoms with Gasteiger partial charge in [0.1, 0.15) is 5.82 Å². The van der Waals surface area contributed by atoms with Crippen molar-refractivity contribution in [3.8, 4) is 5.69 Å². The summed E-state index contributed by atoms with van der Waals surface area (Å²) in [6, 6.07) is 12.9. The van der Waals surface area contributed by atoms with Crippen molar-refractivity contribution >= 4 is 34.9 Å². The Hall–Kier alpha value is -2.57. The number of nitrogens with one attached hydrogen (secondary N) is 2. The molecule has 25 heavy (non-hydrogen) atoms. The number of carbonyl (C=O) groups is 1. The summed E-state index contributed by atoms with van der Waals surface area (Å²) in [4.78, 5) is 16.2. The van der Waals surface area contributed by atoms with E-state index >= 15 is 0 Å². The first-order valence-corrected chi connectivity index (χ1v) is 8.33. The lowest BCUT2D eigenvalue weighted by Crippen LogP contribution is -2.29. The molecule has 3 aromatic rings. The molecule has 0 radical (unpaired) electrons. The predicted molar refractivity (Wildman–Crippen MR) is 98.6 cm³/mol. The number of para-hydroxylation sites is 1. The third-order valence-electron chi connectivity index (χ3n) is 3.35. The van der Waals surface area contributed by atoms with E-state index in [1.54, 1.807) is 23.0 Å². The zero-order chi connectivity index (χ0) is 17.6. The maximum Gasteiger partial charge on any atom is 0.271 e. The van der Waals surface area contributed by atoms with Crippen molar-refractivity contribution in [1.29, 1.82) is 0 Å². The number of hydrogen-bond acceptors (Lipinski definition) is 4. The van der Waals surface area contributed by atoms with Crippen LogP contribution < -0.4 is 10.6 Å². The van der Waals surface area contributed by atoms with Gasteiger partial charge in [0, 0.05) is 25.5 Å². The van der Waals surface area contributed by atoms with Gasteiger partial charge in [-0.3, -0.25) is 4.79 Å². The Morgan fingerprint density at radius 1 is 1.12 bits per heavy atom. The van der Waals surface area contributed by atoms with E-state index in [1.165, 1.54) is 6.20 Å². The minimum absolute atomic E-state index is 0.244. The predicted octanol–water partition coefficient (Wildman–Crippen LogP) is 3.42. The van der Waals surface area contributed by atoms with Crippen LogP contribution in [0.5, 0.6) is 0 Å². The van der Waals surface area contributed by atoms with E-state index in [2.05, 4.69) is 20.7 Å². The number of carbonyl (C=O) groups excluding carboxylic acids is 1. The molecule has 128 valence electrons. The highest BCUT2D eigenvalue weighted by atomic mass is 35.5. The summed E-state index contributed by atoms with van der Waals surface area (Å²) < 4.78 is 1.66. The Bertz CT molecular complexity index is 866. The number of amides is 1. The van der Waals surface area contributed by atoms with Crippen LogP contribution in [0.1, 0.15) is 10.5 Å². The van der Waals surface area contributed by atoms with E-state index in [1.807, 2.05) is 30.3 Å². The highest BCUT2D eigenvalue weighted by molar-refractivity contribution is 6.35. The molecule has 2 N–H and O–H groups in total. The minimum Gasteiger partial charge on any atom is -0.367 e. The first-order chi connectivity index (χ1) is 12.1. The van der Waals surface area contributed by atoms with Crippen LogP contribution in [0.2, 0.25) is 10.0 Å². The van der Waals surface area contributed by atoms with Crippen LogP contribution in [0.25, 0.3) is 5.69 Å². The zero-order valence-electron chi connectivity index (χ0n) is 13.1. The lowest BCUT2D eigenvalue weighted by Gasteiger charge is -2.08. The summed E-state index contributed by atoms with van der Waals surface area (Å²) in [7, 11) is 0. The standard InChI is InChI=1S/C17H15Cl2N5O/c18-12-10-14(19)16(22-11-12)20-7-8-21-17(25)15-6-9-24(23-15)13-4-2-1-3-5-13/h1-6,9-11H,7-8H2,(H,20,22)(H,21,25). The first kappa shape index (κ1) is 17.3. The van der Waals surface area contributed by atoms with E-state index < -0.39 is 0 Å². The lowest BCUT2D eigenvalue weighted by molar-refractivity contribution is 0.0950. The van der Waals surface area contributed by atoms with Crippen molar-refractivity contribution in [2.24, 2.45) is 0 Å². The van der Waals surface area contributed by atoms with Crippen LogP contribution in [0.4, 0.5) is 5.82 Å². The summed E-state index contributed by atoms with van der Waals surface area (Å²) >= 11 is 11.8. The first-order valence-electron chi connectivity index (χ1n) is 7.58. The van der Waals surface area contributed by atoms with Crippen LogP contribution in [0.15, 0.2) is 54.9 Å². The van der Waals surface area contributed by atoms with Crippen LogP contribution in [-0.4, -0.2) is 33.8 Å². The Morgan fingerprint density at radius 3 is 2.68 bits per heavy atom. The van der Waals surface area contributed by atoms with Crippen molar-refractivity contribution in [2.75, 3.05) is 18.4 Å². The van der Waals surface area contributed by atoms with E-state index in [4.69, 9.17) is 23.2 Å². The SMILES string of the molecule is O=C(NCCNc1ncc(Cl)cc1Cl)c1ccn(-c2ccccc2)n1. The average Bonchev–Trinajstić information content (AvgIpc) is 3.11. The van der Waals surface area contributed by atoms with Gasteiger partial charge in [-0.2, -0.15) is 5.10 Å². The molecule has 6 nitrogen and oxygen atoms in total. The smallest absolute Gasteiger partial charge is 0.271 e. The molecule has 0 aliphatic carbocycles. The van der Waals surface area contributed by atoms with Crippen molar-refractivity contribution in [3.05, 3.63) is 70.6 Å². The quantitative estimate of drug-likeness (QED) is 0.647. The van der Waals surface area contributed by atoms with Crippen molar-refractivity contribution in [1.82, 2.24) is 20.1 Å². The number of pyridine rings is 1. The highest BCUT2D eigenvalue weighted by Crippen LogP contribution is 2.21. The molecule has 1 amide bonds. The van der Waals surface area contributed by atoms with E-state index in [-0.39, 0.29) is 5.91 Å². The molecule has 0 saturated heterocycles. The molecule has 1 aromatic carbocycles. The lowest BCUT2D eigenvalue weighted by atomic mass is 10.3. The second-order valence-corrected chi connectivity index (χ2v) is 5.99. The number of hydrogen-bond donors (Lipinski definition) is 2. The molecule has 0 bridgehead atoms. The summed E-state index contributed by atoms with van der Waals surface area (Å²) in [5, 5.41) is 11.0. The van der Waals surface area contributed by atoms with Crippen LogP contribution in [-0.2, 0) is 0 Å². The maximum atomic E-state index is 12.1. The number of halogens is 2. The van der Waals surface area contributed by atoms with Gasteiger partial charge < -0.3 is 10.6 Å². The molecule has 0 spiro atoms. The van der Waals surface area contributed by atoms with Gasteiger partial charge >= 0.3 is 0 Å². The van der Waals surface area contributed by atoms with Gasteiger partial charge in [-0.15, -0.1) is 0 Å². The van der Waals surface area contributed by atoms with Gasteiger partial charge in [0.05, 0.1) is 15.7 Å². The largest absolute Gasteiger partial charge is 0.367 e. The Kier molecular flexibility index (Phi) is 5.53. The van der Waals surface area contributed by atoms with Crippen molar-refractivity contribution < 1.29 is 4.79 Å². The normalized spacial score (nSPS) is 10.5. The molecule has 2 heterocycles. The fourth-order valence-corrected chi connectivity index (χ4v) is 2.61. The summed E-state index contributed by atoms with van der Waals surface area (Å²) in [6.07, 6.45) is 3.25. The van der Waals surface area contributed by atoms with Gasteiger partial charge in [0.2, 0.25) is 0 Å². The maximum absolute atomic E-state index is 12.1. The molecule has 0 fully saturated rings. The highest BCUT2D eigenvalue weighted by Gasteiger charge is 2.09. The number of aromatic nitrogens is 3. The van der Waals surface area contributed by atoms with E-state index in [0.717, 1.165) is 5.69 Å². The van der Waals surface area contributed by atoms with Gasteiger partial charge in [0.15, 0.2) is 5.69 Å². The molecule has 0 aliphatic rings. The molecule has 3 rings (SSSR count). The Labute approximate surface area is 154 Å². The van der Waals surface area contributed by atoms with Gasteiger partial charge in [0.25, 0.3) is 5.91 Å². The van der Waals surface area contributed by atoms with Crippen molar-refractivity contribution in [2.45, 2.75) is 0 Å². The molecule has 0 atom stereocenters. The number of nitrogens with zero attached hydrogens (tertiary/aromatic N) is 3. The second kappa shape index (κ2) is 8.00. The summed E-state index contributed by atoms with van der Waals surface area (Å²) in [5.74, 6) is 0.278. The Morgan fingerprint density at radius 2 is 1.92 bits per heavy atom. The topological polar surface area (TPSA) is 71.8 Å². The number of rotatable bonds is 6. The summed E-state index contributed by atoms with van der Waals surface area (Å²) in [6.45, 7) is 0.872. The fourth-order valence-electron chi connectivity index (χ4n) is 2.16. The molecule has 0 unspecified atom stereocenters. The second-order valence-electron chi connectivity index (χ2n) is 5.15. The molecule has 2 aromatic heterocycles. The van der Waals surface area contributed by atoms with Crippen molar-refractivity contribution in [3.63, 3.8) is 0 Å². The third-order valence-corrected chi connectivity index (χ3v) is 3.85. The van der Waals surface area contributed by atoms with Crippen LogP contribution in [0, 0.1) is 0 Å². The molecular formula is C17H15Cl2N5O. The van der Waals surface area contributed by atoms with Crippen LogP contribution >= 0.6 is 23.2 Å². The van der Waals surface area contributed by atoms with E-state index in [0.29, 0.717) is 34.6 Å².